The Hall–Kier alpha value is -1.14. The molecule has 0 heterocycles. The predicted molar refractivity (Wildman–Crippen MR) is 121 cm³/mol. The van der Waals surface area contributed by atoms with Gasteiger partial charge in [0.25, 0.3) is 0 Å². The molecule has 2 fully saturated rings. The number of aliphatic hydroxyl groups excluding tert-OH is 2. The third-order valence-electron chi connectivity index (χ3n) is 7.09. The molecule has 0 radical (unpaired) electrons. The molecule has 0 saturated heterocycles. The number of hydrogen-bond acceptors (Lipinski definition) is 5. The summed E-state index contributed by atoms with van der Waals surface area (Å²) < 4.78 is 9.87. The summed E-state index contributed by atoms with van der Waals surface area (Å²) >= 11 is 6.61. The van der Waals surface area contributed by atoms with Gasteiger partial charge in [0.1, 0.15) is 6.61 Å². The highest BCUT2D eigenvalue weighted by molar-refractivity contribution is 6.21. The Bertz CT molecular complexity index is 673. The number of esters is 1. The molecule has 5 nitrogen and oxygen atoms in total. The van der Waals surface area contributed by atoms with Gasteiger partial charge in [-0.1, -0.05) is 49.9 Å². The van der Waals surface area contributed by atoms with Gasteiger partial charge >= 0.3 is 5.97 Å². The van der Waals surface area contributed by atoms with E-state index in [-0.39, 0.29) is 29.8 Å². The average molecular weight is 453 g/mol. The Labute approximate surface area is 191 Å². The molecule has 3 rings (SSSR count). The number of carbonyl (C=O) groups is 1. The van der Waals surface area contributed by atoms with E-state index in [0.29, 0.717) is 18.9 Å². The number of ether oxygens (including phenoxy) is 2. The topological polar surface area (TPSA) is 76.0 Å². The van der Waals surface area contributed by atoms with Crippen LogP contribution in [0, 0.1) is 11.8 Å². The molecule has 31 heavy (non-hydrogen) atoms. The normalized spacial score (nSPS) is 27.9. The maximum atomic E-state index is 11.1. The summed E-state index contributed by atoms with van der Waals surface area (Å²) in [7, 11) is 1.35. The van der Waals surface area contributed by atoms with Gasteiger partial charge in [0.15, 0.2) is 0 Å². The first-order valence-corrected chi connectivity index (χ1v) is 12.2. The van der Waals surface area contributed by atoms with E-state index in [2.05, 4.69) is 16.9 Å². The number of alkyl halides is 1. The number of hydrogen-bond donors (Lipinski definition) is 2. The average Bonchev–Trinajstić information content (AvgIpc) is 3.08. The lowest BCUT2D eigenvalue weighted by molar-refractivity contribution is -0.145. The maximum absolute atomic E-state index is 11.1. The van der Waals surface area contributed by atoms with E-state index < -0.39 is 12.2 Å². The molecule has 1 aromatic rings. The number of methoxy groups -OCH3 is 1. The molecular weight excluding hydrogens is 416 g/mol. The molecule has 0 aliphatic heterocycles. The summed E-state index contributed by atoms with van der Waals surface area (Å²) in [6.07, 6.45) is 8.32. The molecule has 1 aromatic carbocycles. The molecule has 2 aliphatic rings. The summed E-state index contributed by atoms with van der Waals surface area (Å²) in [6.45, 7) is 0.494. The third-order valence-corrected chi connectivity index (χ3v) is 7.59. The van der Waals surface area contributed by atoms with Gasteiger partial charge in [-0.2, -0.15) is 0 Å². The van der Waals surface area contributed by atoms with Crippen LogP contribution in [0.25, 0.3) is 0 Å². The monoisotopic (exact) mass is 452 g/mol. The van der Waals surface area contributed by atoms with Crippen LogP contribution in [0.15, 0.2) is 24.3 Å². The van der Waals surface area contributed by atoms with Gasteiger partial charge in [0, 0.05) is 17.9 Å². The highest BCUT2D eigenvalue weighted by Crippen LogP contribution is 2.45. The van der Waals surface area contributed by atoms with Crippen molar-refractivity contribution in [2.24, 2.45) is 11.8 Å². The van der Waals surface area contributed by atoms with Gasteiger partial charge in [0.2, 0.25) is 0 Å². The highest BCUT2D eigenvalue weighted by atomic mass is 35.5. The molecule has 0 amide bonds. The van der Waals surface area contributed by atoms with E-state index in [1.54, 1.807) is 0 Å². The molecule has 174 valence electrons. The van der Waals surface area contributed by atoms with Crippen molar-refractivity contribution in [1.29, 1.82) is 0 Å². The fourth-order valence-corrected chi connectivity index (χ4v) is 5.79. The lowest BCUT2D eigenvalue weighted by atomic mass is 9.81. The molecule has 5 unspecified atom stereocenters. The fourth-order valence-electron chi connectivity index (χ4n) is 5.33. The number of carbonyl (C=O) groups excluding carboxylic acids is 1. The minimum Gasteiger partial charge on any atom is -0.467 e. The van der Waals surface area contributed by atoms with Crippen molar-refractivity contribution in [3.05, 3.63) is 35.4 Å². The molecule has 5 atom stereocenters. The van der Waals surface area contributed by atoms with E-state index in [4.69, 9.17) is 16.3 Å². The van der Waals surface area contributed by atoms with Gasteiger partial charge < -0.3 is 19.7 Å². The standard InChI is InChI=1S/C25H37ClO5/c1-30-23(28)16-31-14-6-5-9-20-21(26)15-22(27)24(20)17-10-12-19(13-11-17)25(29)18-7-3-2-4-8-18/h10-13,18,20-22,24-25,27,29H,2-9,14-16H2,1H3. The van der Waals surface area contributed by atoms with Crippen molar-refractivity contribution >= 4 is 17.6 Å². The van der Waals surface area contributed by atoms with Gasteiger partial charge in [0.05, 0.1) is 19.3 Å². The second-order valence-corrected chi connectivity index (χ2v) is 9.70. The molecule has 2 saturated carbocycles. The second kappa shape index (κ2) is 12.2. The van der Waals surface area contributed by atoms with Gasteiger partial charge in [-0.05, 0) is 55.1 Å². The molecule has 6 heteroatoms. The first-order chi connectivity index (χ1) is 15.0. The SMILES string of the molecule is COC(=O)COCCCCC1C(Cl)CC(O)C1c1ccc(C(O)C2CCCCC2)cc1. The summed E-state index contributed by atoms with van der Waals surface area (Å²) in [4.78, 5) is 11.1. The first-order valence-electron chi connectivity index (χ1n) is 11.8. The third kappa shape index (κ3) is 6.67. The van der Waals surface area contributed by atoms with Crippen LogP contribution in [0.3, 0.4) is 0 Å². The number of benzene rings is 1. The van der Waals surface area contributed by atoms with Crippen LogP contribution < -0.4 is 0 Å². The minimum absolute atomic E-state index is 0.0133. The van der Waals surface area contributed by atoms with Crippen LogP contribution in [-0.4, -0.2) is 48.0 Å². The Balaban J connectivity index is 1.54. The Morgan fingerprint density at radius 3 is 2.55 bits per heavy atom. The molecular formula is C25H37ClO5. The van der Waals surface area contributed by atoms with E-state index in [1.807, 2.05) is 12.1 Å². The van der Waals surface area contributed by atoms with Crippen LogP contribution in [0.5, 0.6) is 0 Å². The lowest BCUT2D eigenvalue weighted by Gasteiger charge is -2.28. The van der Waals surface area contributed by atoms with Gasteiger partial charge in [-0.15, -0.1) is 11.6 Å². The van der Waals surface area contributed by atoms with Crippen LogP contribution in [0.4, 0.5) is 0 Å². The number of halogens is 1. The lowest BCUT2D eigenvalue weighted by Crippen LogP contribution is -2.20. The summed E-state index contributed by atoms with van der Waals surface area (Å²) in [5.41, 5.74) is 2.08. The van der Waals surface area contributed by atoms with Crippen LogP contribution in [0.1, 0.15) is 80.9 Å². The number of aliphatic hydroxyl groups is 2. The second-order valence-electron chi connectivity index (χ2n) is 9.14. The number of rotatable bonds is 10. The summed E-state index contributed by atoms with van der Waals surface area (Å²) in [5.74, 6) is 0.209. The Morgan fingerprint density at radius 2 is 1.87 bits per heavy atom. The van der Waals surface area contributed by atoms with Gasteiger partial charge in [-0.3, -0.25) is 0 Å². The van der Waals surface area contributed by atoms with Crippen molar-refractivity contribution in [1.82, 2.24) is 0 Å². The molecule has 2 aliphatic carbocycles. The zero-order valence-electron chi connectivity index (χ0n) is 18.5. The first kappa shape index (κ1) is 24.5. The smallest absolute Gasteiger partial charge is 0.331 e. The highest BCUT2D eigenvalue weighted by Gasteiger charge is 2.42. The van der Waals surface area contributed by atoms with E-state index in [0.717, 1.165) is 43.2 Å². The molecule has 2 N–H and O–H groups in total. The zero-order valence-corrected chi connectivity index (χ0v) is 19.3. The minimum atomic E-state index is -0.447. The molecule has 0 bridgehead atoms. The summed E-state index contributed by atoms with van der Waals surface area (Å²) in [5, 5.41) is 21.4. The van der Waals surface area contributed by atoms with Crippen molar-refractivity contribution in [3.8, 4) is 0 Å². The quantitative estimate of drug-likeness (QED) is 0.305. The largest absolute Gasteiger partial charge is 0.467 e. The molecule has 0 aromatic heterocycles. The Morgan fingerprint density at radius 1 is 1.16 bits per heavy atom. The van der Waals surface area contributed by atoms with E-state index in [9.17, 15) is 15.0 Å². The van der Waals surface area contributed by atoms with Crippen molar-refractivity contribution < 1.29 is 24.5 Å². The van der Waals surface area contributed by atoms with Crippen LogP contribution >= 0.6 is 11.6 Å². The van der Waals surface area contributed by atoms with E-state index in [1.165, 1.54) is 26.4 Å². The van der Waals surface area contributed by atoms with Crippen molar-refractivity contribution in [2.75, 3.05) is 20.3 Å². The Kier molecular flexibility index (Phi) is 9.64. The molecule has 0 spiro atoms. The van der Waals surface area contributed by atoms with Gasteiger partial charge in [-0.25, -0.2) is 4.79 Å². The van der Waals surface area contributed by atoms with Crippen LogP contribution in [0.2, 0.25) is 0 Å². The zero-order chi connectivity index (χ0) is 22.2. The van der Waals surface area contributed by atoms with Crippen LogP contribution in [-0.2, 0) is 14.3 Å². The van der Waals surface area contributed by atoms with Crippen molar-refractivity contribution in [2.45, 2.75) is 81.3 Å². The van der Waals surface area contributed by atoms with E-state index >= 15 is 0 Å². The fraction of sp³-hybridized carbons (Fsp3) is 0.720. The number of unbranched alkanes of at least 4 members (excludes halogenated alkanes) is 1. The predicted octanol–water partition coefficient (Wildman–Crippen LogP) is 4.73. The van der Waals surface area contributed by atoms with Crippen molar-refractivity contribution in [3.63, 3.8) is 0 Å². The maximum Gasteiger partial charge on any atom is 0.331 e. The summed E-state index contributed by atoms with van der Waals surface area (Å²) in [6, 6.07) is 8.19.